The standard InChI is InChI=1S/C19H14F6N2O2S.C13H12BrF3O3S.C6H5F3N2.C2H6O/c20-18(21,22)12-2-1-3-14(8-12)30(28,29)15-6-11(7-15)16-9-26-17-5-4-13(10-27(16)17)19(23,24)25;14-7-12(18)8-4-11(5-8)21(19,20)10-3-1-2-9(6-10)13(15,16)17;7-6(8,9)4-1-2-5(10)11-3-4;1-2-3/h1-5,8-11,15H,6-7H2;1-3,6,8,11H,4-5,7H2;1-3H,(H2,10,11);3H,2H2,1H3. The first-order chi connectivity index (χ1) is 29.9. The van der Waals surface area contributed by atoms with Crippen LogP contribution in [0.3, 0.4) is 0 Å². The lowest BCUT2D eigenvalue weighted by atomic mass is 9.82. The van der Waals surface area contributed by atoms with Gasteiger partial charge < -0.3 is 15.2 Å². The van der Waals surface area contributed by atoms with Crippen molar-refractivity contribution in [2.24, 2.45) is 5.92 Å². The molecule has 0 atom stereocenters. The van der Waals surface area contributed by atoms with Crippen molar-refractivity contribution in [2.75, 3.05) is 17.7 Å². The summed E-state index contributed by atoms with van der Waals surface area (Å²) in [4.78, 5) is 18.0. The van der Waals surface area contributed by atoms with Crippen molar-refractivity contribution in [2.45, 2.75) is 83.5 Å². The van der Waals surface area contributed by atoms with Gasteiger partial charge in [-0.25, -0.2) is 26.8 Å². The molecule has 3 aromatic heterocycles. The Morgan fingerprint density at radius 2 is 1.12 bits per heavy atom. The van der Waals surface area contributed by atoms with Crippen LogP contribution in [0.4, 0.5) is 58.5 Å². The van der Waals surface area contributed by atoms with Gasteiger partial charge in [-0.2, -0.15) is 52.7 Å². The van der Waals surface area contributed by atoms with Gasteiger partial charge in [-0.1, -0.05) is 28.1 Å². The summed E-state index contributed by atoms with van der Waals surface area (Å²) in [5.41, 5.74) is 2.13. The highest BCUT2D eigenvalue weighted by Gasteiger charge is 2.44. The maximum Gasteiger partial charge on any atom is 0.417 e. The molecule has 3 N–H and O–H groups in total. The third-order valence-electron chi connectivity index (χ3n) is 10.0. The molecule has 2 fully saturated rings. The van der Waals surface area contributed by atoms with Gasteiger partial charge in [-0.3, -0.25) is 4.79 Å². The lowest BCUT2D eigenvalue weighted by Gasteiger charge is -2.34. The number of nitrogens with zero attached hydrogens (tertiary/aromatic N) is 3. The number of nitrogens with two attached hydrogens (primary N) is 1. The highest BCUT2D eigenvalue weighted by molar-refractivity contribution is 9.09. The van der Waals surface area contributed by atoms with E-state index in [0.29, 0.717) is 29.7 Å². The average molecular weight is 1040 g/mol. The van der Waals surface area contributed by atoms with Gasteiger partial charge >= 0.3 is 24.7 Å². The van der Waals surface area contributed by atoms with Gasteiger partial charge in [0.05, 0.1) is 47.9 Å². The van der Waals surface area contributed by atoms with Gasteiger partial charge in [0.15, 0.2) is 19.7 Å². The van der Waals surface area contributed by atoms with Crippen LogP contribution in [0.25, 0.3) is 5.65 Å². The van der Waals surface area contributed by atoms with Crippen LogP contribution in [-0.4, -0.2) is 64.5 Å². The number of aliphatic hydroxyl groups is 1. The van der Waals surface area contributed by atoms with Crippen LogP contribution in [0.2, 0.25) is 0 Å². The summed E-state index contributed by atoms with van der Waals surface area (Å²) in [6.45, 7) is 1.93. The fourth-order valence-corrected chi connectivity index (χ4v) is 10.7. The van der Waals surface area contributed by atoms with Gasteiger partial charge in [0.2, 0.25) is 0 Å². The second-order valence-corrected chi connectivity index (χ2v) is 19.5. The summed E-state index contributed by atoms with van der Waals surface area (Å²) in [5, 5.41) is 6.03. The van der Waals surface area contributed by atoms with Crippen molar-refractivity contribution in [1.29, 1.82) is 0 Å². The number of aromatic nitrogens is 3. The maximum atomic E-state index is 13.0. The molecule has 5 aromatic rings. The van der Waals surface area contributed by atoms with Crippen molar-refractivity contribution in [1.82, 2.24) is 14.4 Å². The lowest BCUT2D eigenvalue weighted by molar-refractivity contribution is -0.138. The van der Waals surface area contributed by atoms with Gasteiger partial charge in [-0.15, -0.1) is 0 Å². The molecule has 10 nitrogen and oxygen atoms in total. The Balaban J connectivity index is 0.000000228. The van der Waals surface area contributed by atoms with Crippen molar-refractivity contribution in [3.8, 4) is 0 Å². The Morgan fingerprint density at radius 1 is 0.677 bits per heavy atom. The minimum absolute atomic E-state index is 0.0782. The molecule has 0 aliphatic heterocycles. The zero-order chi connectivity index (χ0) is 48.9. The Hall–Kier alpha value is -4.75. The van der Waals surface area contributed by atoms with Crippen LogP contribution < -0.4 is 5.73 Å². The second-order valence-electron chi connectivity index (χ2n) is 14.4. The van der Waals surface area contributed by atoms with Gasteiger partial charge in [0.25, 0.3) is 0 Å². The SMILES string of the molecule is CCO.Nc1ccc(C(F)(F)F)cn1.O=C(CBr)C1CC(S(=O)(=O)c2cccc(C(F)(F)F)c2)C1.O=S(=O)(c1cccc(C(F)(F)F)c1)C1CC(c2cnc3ccc(C(F)(F)F)cn23)C1. The molecule has 0 amide bonds. The van der Waals surface area contributed by atoms with E-state index in [1.54, 1.807) is 6.92 Å². The van der Waals surface area contributed by atoms with E-state index in [9.17, 15) is 74.3 Å². The minimum Gasteiger partial charge on any atom is -0.397 e. The molecule has 0 saturated heterocycles. The third kappa shape index (κ3) is 13.2. The fourth-order valence-electron chi connectivity index (χ4n) is 6.38. The number of fused-ring (bicyclic) bond motifs is 1. The number of benzene rings is 2. The molecular formula is C40H37BrF12N4O6S2. The monoisotopic (exact) mass is 1040 g/mol. The molecule has 0 radical (unpaired) electrons. The molecule has 25 heteroatoms. The molecule has 65 heavy (non-hydrogen) atoms. The number of hydrogen-bond donors (Lipinski definition) is 2. The number of carbonyl (C=O) groups is 1. The molecule has 2 aliphatic rings. The first-order valence-electron chi connectivity index (χ1n) is 18.8. The van der Waals surface area contributed by atoms with Gasteiger partial charge in [0.1, 0.15) is 17.2 Å². The molecule has 356 valence electrons. The van der Waals surface area contributed by atoms with Crippen molar-refractivity contribution < 1.29 is 79.4 Å². The number of ketones is 1. The predicted molar refractivity (Wildman–Crippen MR) is 215 cm³/mol. The van der Waals surface area contributed by atoms with E-state index in [2.05, 4.69) is 25.9 Å². The molecule has 2 aliphatic carbocycles. The van der Waals surface area contributed by atoms with E-state index in [4.69, 9.17) is 10.8 Å². The molecule has 0 bridgehead atoms. The van der Waals surface area contributed by atoms with Crippen LogP contribution >= 0.6 is 15.9 Å². The number of imidazole rings is 1. The fraction of sp³-hybridized carbons (Fsp3) is 0.375. The molecule has 7 rings (SSSR count). The topological polar surface area (TPSA) is 162 Å². The summed E-state index contributed by atoms with van der Waals surface area (Å²) in [6, 6.07) is 11.4. The normalized spacial score (nSPS) is 18.9. The Labute approximate surface area is 371 Å². The zero-order valence-corrected chi connectivity index (χ0v) is 36.6. The minimum atomic E-state index is -4.67. The largest absolute Gasteiger partial charge is 0.417 e. The van der Waals surface area contributed by atoms with Crippen LogP contribution in [0.5, 0.6) is 0 Å². The summed E-state index contributed by atoms with van der Waals surface area (Å²) in [7, 11) is -7.83. The van der Waals surface area contributed by atoms with Crippen molar-refractivity contribution in [3.05, 3.63) is 119 Å². The number of pyridine rings is 2. The predicted octanol–water partition coefficient (Wildman–Crippen LogP) is 9.99. The zero-order valence-electron chi connectivity index (χ0n) is 33.3. The van der Waals surface area contributed by atoms with E-state index in [0.717, 1.165) is 60.8 Å². The summed E-state index contributed by atoms with van der Waals surface area (Å²) in [6.07, 6.45) is -14.6. The molecule has 2 aromatic carbocycles. The van der Waals surface area contributed by atoms with Crippen LogP contribution in [0, 0.1) is 5.92 Å². The van der Waals surface area contributed by atoms with E-state index in [1.165, 1.54) is 16.7 Å². The number of rotatable bonds is 7. The number of anilines is 1. The third-order valence-corrected chi connectivity index (χ3v) is 14.9. The molecule has 0 unspecified atom stereocenters. The van der Waals surface area contributed by atoms with Crippen LogP contribution in [-0.2, 0) is 49.2 Å². The molecule has 3 heterocycles. The number of carbonyl (C=O) groups excluding carboxylic acids is 1. The van der Waals surface area contributed by atoms with E-state index >= 15 is 0 Å². The number of sulfone groups is 2. The van der Waals surface area contributed by atoms with Crippen molar-refractivity contribution >= 4 is 52.9 Å². The molecule has 0 spiro atoms. The Kier molecular flexibility index (Phi) is 16.6. The van der Waals surface area contributed by atoms with E-state index in [1.807, 2.05) is 0 Å². The summed E-state index contributed by atoms with van der Waals surface area (Å²) >= 11 is 3.01. The number of Topliss-reactive ketones (excluding diaryl/α,β-unsaturated/α-hetero) is 1. The highest BCUT2D eigenvalue weighted by atomic mass is 79.9. The molecule has 2 saturated carbocycles. The Morgan fingerprint density at radius 3 is 1.54 bits per heavy atom. The van der Waals surface area contributed by atoms with E-state index < -0.39 is 82.0 Å². The number of halogens is 13. The summed E-state index contributed by atoms with van der Waals surface area (Å²) < 4.78 is 202. The van der Waals surface area contributed by atoms with Crippen molar-refractivity contribution in [3.63, 3.8) is 0 Å². The maximum absolute atomic E-state index is 13.0. The molecular weight excluding hydrogens is 1000 g/mol. The number of alkyl halides is 13. The van der Waals surface area contributed by atoms with Crippen LogP contribution in [0.15, 0.2) is 101 Å². The number of aliphatic hydroxyl groups excluding tert-OH is 1. The first-order valence-corrected chi connectivity index (χ1v) is 23.0. The van der Waals surface area contributed by atoms with E-state index in [-0.39, 0.29) is 66.0 Å². The average Bonchev–Trinajstić information content (AvgIpc) is 3.59. The smallest absolute Gasteiger partial charge is 0.397 e. The van der Waals surface area contributed by atoms with Gasteiger partial charge in [-0.05, 0) is 93.3 Å². The first kappa shape index (κ1) is 52.9. The van der Waals surface area contributed by atoms with Gasteiger partial charge in [0, 0.05) is 42.7 Å². The quantitative estimate of drug-likeness (QED) is 0.119. The number of hydrogen-bond acceptors (Lipinski definition) is 9. The summed E-state index contributed by atoms with van der Waals surface area (Å²) in [5.74, 6) is -0.688. The number of nitrogen functional groups attached to an aromatic ring is 1. The lowest BCUT2D eigenvalue weighted by Crippen LogP contribution is -2.40. The highest BCUT2D eigenvalue weighted by Crippen LogP contribution is 2.44. The Bertz CT molecular complexity index is 2640. The van der Waals surface area contributed by atoms with Crippen LogP contribution in [0.1, 0.15) is 66.5 Å². The second kappa shape index (κ2) is 20.4.